The highest BCUT2D eigenvalue weighted by Gasteiger charge is 2.47. The monoisotopic (exact) mass is 427 g/mol. The lowest BCUT2D eigenvalue weighted by Crippen LogP contribution is -2.31. The van der Waals surface area contributed by atoms with E-state index in [0.29, 0.717) is 28.2 Å². The van der Waals surface area contributed by atoms with E-state index in [4.69, 9.17) is 20.2 Å². The van der Waals surface area contributed by atoms with Crippen molar-refractivity contribution in [1.29, 1.82) is 0 Å². The first-order chi connectivity index (χ1) is 15.5. The van der Waals surface area contributed by atoms with Crippen molar-refractivity contribution in [2.45, 2.75) is 5.54 Å². The van der Waals surface area contributed by atoms with E-state index in [1.807, 2.05) is 30.3 Å². The van der Waals surface area contributed by atoms with E-state index in [9.17, 15) is 0 Å². The number of amidine groups is 1. The number of aromatic nitrogens is 3. The molecule has 1 spiro atoms. The average Bonchev–Trinajstić information content (AvgIpc) is 3.40. The second kappa shape index (κ2) is 6.65. The molecule has 0 saturated carbocycles. The van der Waals surface area contributed by atoms with E-state index in [2.05, 4.69) is 10.1 Å². The average molecular weight is 427 g/mol. The second-order valence-corrected chi connectivity index (χ2v) is 7.88. The van der Waals surface area contributed by atoms with Gasteiger partial charge in [0.05, 0.1) is 6.20 Å². The summed E-state index contributed by atoms with van der Waals surface area (Å²) < 4.78 is 28.5. The van der Waals surface area contributed by atoms with E-state index < -0.39 is 11.4 Å². The van der Waals surface area contributed by atoms with Crippen LogP contribution in [0.4, 0.5) is 4.39 Å². The van der Waals surface area contributed by atoms with E-state index >= 15 is 4.39 Å². The molecule has 158 valence electrons. The minimum Gasteiger partial charge on any atom is -0.462 e. The molecule has 0 aliphatic carbocycles. The van der Waals surface area contributed by atoms with Crippen LogP contribution < -0.4 is 10.5 Å². The normalized spacial score (nSPS) is 18.5. The first-order valence-corrected chi connectivity index (χ1v) is 10.1. The Morgan fingerprint density at radius 1 is 1.03 bits per heavy atom. The summed E-state index contributed by atoms with van der Waals surface area (Å²) in [6.45, 7) is 0.191. The number of rotatable bonds is 2. The number of aliphatic imine (C=N–C) groups is 1. The molecule has 2 aliphatic heterocycles. The zero-order chi connectivity index (χ0) is 21.9. The molecule has 4 heterocycles. The number of hydrogen-bond acceptors (Lipinski definition) is 6. The number of fused-ring (bicyclic) bond motifs is 4. The summed E-state index contributed by atoms with van der Waals surface area (Å²) in [6.07, 6.45) is 6.91. The predicted molar refractivity (Wildman–Crippen MR) is 117 cm³/mol. The Labute approximate surface area is 183 Å². The number of aryl methyl sites for hydroxylation is 1. The fraction of sp³-hybridized carbons (Fsp3) is 0.125. The Morgan fingerprint density at radius 2 is 1.91 bits per heavy atom. The molecule has 0 fully saturated rings. The lowest BCUT2D eigenvalue weighted by atomic mass is 9.79. The van der Waals surface area contributed by atoms with Crippen LogP contribution >= 0.6 is 0 Å². The number of ether oxygens (including phenoxy) is 2. The van der Waals surface area contributed by atoms with Gasteiger partial charge in [0, 0.05) is 59.5 Å². The summed E-state index contributed by atoms with van der Waals surface area (Å²) in [4.78, 5) is 8.91. The molecule has 1 atom stereocenters. The van der Waals surface area contributed by atoms with Crippen LogP contribution in [-0.2, 0) is 17.3 Å². The number of nitrogens with zero attached hydrogens (tertiary/aromatic N) is 4. The van der Waals surface area contributed by atoms with E-state index in [-0.39, 0.29) is 12.6 Å². The highest BCUT2D eigenvalue weighted by molar-refractivity contribution is 5.79. The standard InChI is InChI=1S/C24H18FN5O2/c1-30-12-16(11-28-30)17-8-19-22(9-20(17)25)32-21-5-4-14(15-3-2-6-27-10-15)7-18(21)24(19)13-31-23(26)29-24/h2-12H,13H2,1H3,(H2,26,29)/t24-/m0/s1. The van der Waals surface area contributed by atoms with Crippen LogP contribution in [0.3, 0.4) is 0 Å². The molecule has 2 aliphatic rings. The zero-order valence-corrected chi connectivity index (χ0v) is 17.1. The Hall–Kier alpha value is -4.20. The smallest absolute Gasteiger partial charge is 0.283 e. The highest BCUT2D eigenvalue weighted by atomic mass is 19.1. The van der Waals surface area contributed by atoms with Gasteiger partial charge in [0.1, 0.15) is 23.9 Å². The molecule has 0 bridgehead atoms. The fourth-order valence-electron chi connectivity index (χ4n) is 4.37. The third kappa shape index (κ3) is 2.69. The van der Waals surface area contributed by atoms with Crippen LogP contribution in [-0.4, -0.2) is 27.4 Å². The van der Waals surface area contributed by atoms with Crippen molar-refractivity contribution in [3.63, 3.8) is 0 Å². The largest absolute Gasteiger partial charge is 0.462 e. The molecule has 0 amide bonds. The van der Waals surface area contributed by atoms with Gasteiger partial charge in [-0.15, -0.1) is 0 Å². The lowest BCUT2D eigenvalue weighted by Gasteiger charge is -2.34. The maximum atomic E-state index is 15.1. The van der Waals surface area contributed by atoms with Crippen molar-refractivity contribution < 1.29 is 13.9 Å². The van der Waals surface area contributed by atoms with E-state index in [1.165, 1.54) is 6.07 Å². The van der Waals surface area contributed by atoms with Crippen LogP contribution in [0, 0.1) is 5.82 Å². The fourth-order valence-corrected chi connectivity index (χ4v) is 4.37. The van der Waals surface area contributed by atoms with Crippen molar-refractivity contribution >= 4 is 6.02 Å². The number of hydrogen-bond donors (Lipinski definition) is 1. The summed E-state index contributed by atoms with van der Waals surface area (Å²) in [7, 11) is 1.79. The zero-order valence-electron chi connectivity index (χ0n) is 17.1. The number of halogens is 1. The Bertz CT molecular complexity index is 1400. The molecule has 0 unspecified atom stereocenters. The van der Waals surface area contributed by atoms with Gasteiger partial charge in [-0.2, -0.15) is 5.10 Å². The van der Waals surface area contributed by atoms with Crippen LogP contribution in [0.2, 0.25) is 0 Å². The lowest BCUT2D eigenvalue weighted by molar-refractivity contribution is 0.264. The van der Waals surface area contributed by atoms with E-state index in [0.717, 1.165) is 16.7 Å². The number of nitrogens with two attached hydrogens (primary N) is 1. The maximum Gasteiger partial charge on any atom is 0.283 e. The molecule has 6 rings (SSSR count). The van der Waals surface area contributed by atoms with Crippen LogP contribution in [0.15, 0.2) is 72.2 Å². The van der Waals surface area contributed by atoms with Gasteiger partial charge < -0.3 is 15.2 Å². The quantitative estimate of drug-likeness (QED) is 0.523. The Kier molecular flexibility index (Phi) is 3.86. The van der Waals surface area contributed by atoms with Crippen LogP contribution in [0.25, 0.3) is 22.3 Å². The van der Waals surface area contributed by atoms with Gasteiger partial charge >= 0.3 is 0 Å². The third-order valence-electron chi connectivity index (χ3n) is 5.90. The van der Waals surface area contributed by atoms with Crippen molar-refractivity contribution in [2.75, 3.05) is 6.61 Å². The molecular weight excluding hydrogens is 409 g/mol. The molecule has 32 heavy (non-hydrogen) atoms. The SMILES string of the molecule is Cn1cc(-c2cc3c(cc2F)Oc2ccc(-c4cccnc4)cc2[C@@]32COC(N)=N2)cn1. The number of pyridine rings is 1. The van der Waals surface area contributed by atoms with Gasteiger partial charge in [-0.05, 0) is 29.8 Å². The molecule has 8 heteroatoms. The molecule has 2 aromatic heterocycles. The van der Waals surface area contributed by atoms with Crippen LogP contribution in [0.5, 0.6) is 11.5 Å². The predicted octanol–water partition coefficient (Wildman–Crippen LogP) is 3.98. The minimum absolute atomic E-state index is 0.0860. The first-order valence-electron chi connectivity index (χ1n) is 10.1. The van der Waals surface area contributed by atoms with Gasteiger partial charge in [0.15, 0.2) is 5.54 Å². The number of benzene rings is 2. The van der Waals surface area contributed by atoms with Crippen molar-refractivity contribution in [3.8, 4) is 33.8 Å². The van der Waals surface area contributed by atoms with Gasteiger partial charge in [-0.25, -0.2) is 9.38 Å². The summed E-state index contributed by atoms with van der Waals surface area (Å²) in [5, 5.41) is 4.17. The van der Waals surface area contributed by atoms with Crippen LogP contribution in [0.1, 0.15) is 11.1 Å². The molecule has 0 radical (unpaired) electrons. The van der Waals surface area contributed by atoms with Gasteiger partial charge in [0.2, 0.25) is 0 Å². The molecule has 7 nitrogen and oxygen atoms in total. The topological polar surface area (TPSA) is 87.5 Å². The summed E-state index contributed by atoms with van der Waals surface area (Å²) in [6, 6.07) is 12.9. The molecule has 0 saturated heterocycles. The summed E-state index contributed by atoms with van der Waals surface area (Å²) >= 11 is 0. The Balaban J connectivity index is 1.58. The van der Waals surface area contributed by atoms with Gasteiger partial charge in [-0.3, -0.25) is 9.67 Å². The van der Waals surface area contributed by atoms with Gasteiger partial charge in [0.25, 0.3) is 6.02 Å². The first kappa shape index (κ1) is 18.6. The molecule has 4 aromatic rings. The molecule has 2 N–H and O–H groups in total. The van der Waals surface area contributed by atoms with Crippen molar-refractivity contribution in [2.24, 2.45) is 17.8 Å². The Morgan fingerprint density at radius 3 is 2.62 bits per heavy atom. The molecular formula is C24H18FN5O2. The van der Waals surface area contributed by atoms with Crippen molar-refractivity contribution in [3.05, 3.63) is 84.2 Å². The minimum atomic E-state index is -0.949. The summed E-state index contributed by atoms with van der Waals surface area (Å²) in [5.41, 5.74) is 9.51. The highest BCUT2D eigenvalue weighted by Crippen LogP contribution is 2.52. The summed E-state index contributed by atoms with van der Waals surface area (Å²) in [5.74, 6) is 0.567. The van der Waals surface area contributed by atoms with Crippen molar-refractivity contribution in [1.82, 2.24) is 14.8 Å². The maximum absolute atomic E-state index is 15.1. The second-order valence-electron chi connectivity index (χ2n) is 7.88. The molecule has 2 aromatic carbocycles. The van der Waals surface area contributed by atoms with E-state index in [1.54, 1.807) is 42.6 Å². The third-order valence-corrected chi connectivity index (χ3v) is 5.90. The van der Waals surface area contributed by atoms with Gasteiger partial charge in [-0.1, -0.05) is 12.1 Å².